The van der Waals surface area contributed by atoms with Gasteiger partial charge in [0.15, 0.2) is 8.07 Å². The standard InChI is InChI=1S/C37H35BN2OSi/c1-2-41-32-20-15-25-35(28-32)42(33-21-11-5-12-22-33,34-23-13-6-14-24-34)29-40-27-26-39-37(40)38-36(30-16-7-3-8-17-30)31-18-9-4-10-19-31/h3-28,36,38H,2,29H2,1H3. The third-order valence-electron chi connectivity index (χ3n) is 8.17. The molecule has 5 heteroatoms. The Morgan fingerprint density at radius 1 is 0.667 bits per heavy atom. The summed E-state index contributed by atoms with van der Waals surface area (Å²) in [6.45, 7) is 2.68. The summed E-state index contributed by atoms with van der Waals surface area (Å²) in [4.78, 5) is 4.98. The Morgan fingerprint density at radius 2 is 1.19 bits per heavy atom. The molecule has 0 amide bonds. The van der Waals surface area contributed by atoms with Crippen molar-refractivity contribution in [1.82, 2.24) is 9.55 Å². The zero-order chi connectivity index (χ0) is 28.6. The average Bonchev–Trinajstić information content (AvgIpc) is 3.50. The predicted molar refractivity (Wildman–Crippen MR) is 179 cm³/mol. The molecule has 0 aliphatic rings. The maximum Gasteiger partial charge on any atom is 0.217 e. The number of ether oxygens (including phenoxy) is 1. The van der Waals surface area contributed by atoms with Crippen LogP contribution >= 0.6 is 0 Å². The molecule has 0 radical (unpaired) electrons. The number of aromatic nitrogens is 2. The molecule has 3 nitrogen and oxygen atoms in total. The van der Waals surface area contributed by atoms with Crippen LogP contribution in [0.15, 0.2) is 158 Å². The van der Waals surface area contributed by atoms with E-state index in [0.29, 0.717) is 6.61 Å². The van der Waals surface area contributed by atoms with Gasteiger partial charge in [-0.1, -0.05) is 133 Å². The average molecular weight is 563 g/mol. The molecule has 6 rings (SSSR count). The van der Waals surface area contributed by atoms with E-state index >= 15 is 0 Å². The molecule has 0 spiro atoms. The number of nitrogens with zero attached hydrogens (tertiary/aromatic N) is 2. The first kappa shape index (κ1) is 27.6. The summed E-state index contributed by atoms with van der Waals surface area (Å²) < 4.78 is 8.44. The number of imidazole rings is 1. The van der Waals surface area contributed by atoms with Crippen molar-refractivity contribution in [2.75, 3.05) is 6.61 Å². The number of rotatable bonds is 11. The van der Waals surface area contributed by atoms with Crippen LogP contribution in [-0.2, 0) is 6.17 Å². The van der Waals surface area contributed by atoms with Crippen LogP contribution in [0.2, 0.25) is 0 Å². The minimum Gasteiger partial charge on any atom is -0.494 e. The lowest BCUT2D eigenvalue weighted by Crippen LogP contribution is -2.70. The van der Waals surface area contributed by atoms with Crippen molar-refractivity contribution in [3.63, 3.8) is 0 Å². The minimum absolute atomic E-state index is 0.208. The Hall–Kier alpha value is -4.61. The lowest BCUT2D eigenvalue weighted by molar-refractivity contribution is 0.340. The van der Waals surface area contributed by atoms with E-state index in [1.165, 1.54) is 26.7 Å². The molecule has 0 saturated heterocycles. The SMILES string of the molecule is CCOc1cccc([Si](Cn2ccnc2BC(c2ccccc2)c2ccccc2)(c2ccccc2)c2ccccc2)c1. The van der Waals surface area contributed by atoms with Gasteiger partial charge in [0.2, 0.25) is 7.28 Å². The van der Waals surface area contributed by atoms with E-state index in [-0.39, 0.29) is 5.82 Å². The van der Waals surface area contributed by atoms with Crippen LogP contribution in [0.4, 0.5) is 0 Å². The molecule has 0 atom stereocenters. The molecule has 1 heterocycles. The third kappa shape index (κ3) is 5.74. The Labute approximate surface area is 250 Å². The van der Waals surface area contributed by atoms with Crippen LogP contribution in [0.1, 0.15) is 23.9 Å². The summed E-state index contributed by atoms with van der Waals surface area (Å²) in [7, 11) is -1.77. The summed E-state index contributed by atoms with van der Waals surface area (Å²) in [5.41, 5.74) is 3.70. The summed E-state index contributed by atoms with van der Waals surface area (Å²) in [6, 6.07) is 52.5. The topological polar surface area (TPSA) is 27.1 Å². The maximum atomic E-state index is 6.03. The van der Waals surface area contributed by atoms with E-state index in [1.807, 2.05) is 13.1 Å². The molecule has 0 N–H and O–H groups in total. The molecule has 1 aromatic heterocycles. The maximum absolute atomic E-state index is 6.03. The lowest BCUT2D eigenvalue weighted by atomic mass is 9.58. The van der Waals surface area contributed by atoms with Gasteiger partial charge in [0.1, 0.15) is 5.75 Å². The van der Waals surface area contributed by atoms with Gasteiger partial charge in [0.05, 0.1) is 12.3 Å². The van der Waals surface area contributed by atoms with Crippen LogP contribution < -0.4 is 26.0 Å². The van der Waals surface area contributed by atoms with E-state index in [1.54, 1.807) is 0 Å². The predicted octanol–water partition coefficient (Wildman–Crippen LogP) is 4.84. The van der Waals surface area contributed by atoms with E-state index in [0.717, 1.165) is 24.9 Å². The smallest absolute Gasteiger partial charge is 0.217 e. The molecule has 0 bridgehead atoms. The highest BCUT2D eigenvalue weighted by Gasteiger charge is 2.40. The van der Waals surface area contributed by atoms with Crippen LogP contribution in [0, 0.1) is 0 Å². The normalized spacial score (nSPS) is 11.4. The molecule has 0 fully saturated rings. The summed E-state index contributed by atoms with van der Waals surface area (Å²) in [5.74, 6) is 1.12. The van der Waals surface area contributed by atoms with Crippen molar-refractivity contribution in [2.45, 2.75) is 18.9 Å². The number of hydrogen-bond acceptors (Lipinski definition) is 2. The Balaban J connectivity index is 1.49. The Kier molecular flexibility index (Phi) is 8.48. The van der Waals surface area contributed by atoms with E-state index in [4.69, 9.17) is 9.72 Å². The van der Waals surface area contributed by atoms with Gasteiger partial charge in [-0.15, -0.1) is 0 Å². The highest BCUT2D eigenvalue weighted by Crippen LogP contribution is 2.23. The third-order valence-corrected chi connectivity index (χ3v) is 12.9. The molecule has 206 valence electrons. The summed E-state index contributed by atoms with van der Waals surface area (Å²) >= 11 is 0. The van der Waals surface area contributed by atoms with Crippen LogP contribution in [0.5, 0.6) is 5.75 Å². The van der Waals surface area contributed by atoms with Gasteiger partial charge >= 0.3 is 0 Å². The lowest BCUT2D eigenvalue weighted by Gasteiger charge is -2.35. The van der Waals surface area contributed by atoms with Gasteiger partial charge in [0.25, 0.3) is 0 Å². The first-order valence-electron chi connectivity index (χ1n) is 14.7. The summed E-state index contributed by atoms with van der Waals surface area (Å²) in [5, 5.41) is 4.06. The van der Waals surface area contributed by atoms with Crippen molar-refractivity contribution in [2.24, 2.45) is 0 Å². The quantitative estimate of drug-likeness (QED) is 0.167. The number of benzene rings is 5. The molecule has 0 aliphatic heterocycles. The Bertz CT molecular complexity index is 1610. The second-order valence-corrected chi connectivity index (χ2v) is 14.5. The molecule has 6 aromatic rings. The van der Waals surface area contributed by atoms with Gasteiger partial charge in [-0.05, 0) is 51.6 Å². The highest BCUT2D eigenvalue weighted by atomic mass is 28.3. The van der Waals surface area contributed by atoms with Gasteiger partial charge in [-0.3, -0.25) is 4.98 Å². The van der Waals surface area contributed by atoms with Gasteiger partial charge < -0.3 is 9.30 Å². The van der Waals surface area contributed by atoms with Crippen molar-refractivity contribution in [3.8, 4) is 5.75 Å². The minimum atomic E-state index is -2.59. The van der Waals surface area contributed by atoms with Crippen LogP contribution in [0.3, 0.4) is 0 Å². The molecule has 5 aromatic carbocycles. The molecule has 0 saturated carbocycles. The zero-order valence-electron chi connectivity index (χ0n) is 24.0. The molecule has 42 heavy (non-hydrogen) atoms. The van der Waals surface area contributed by atoms with Crippen molar-refractivity contribution >= 4 is 36.6 Å². The summed E-state index contributed by atoms with van der Waals surface area (Å²) in [6.07, 6.45) is 4.97. The fourth-order valence-electron chi connectivity index (χ4n) is 6.15. The molecular formula is C37H35BN2OSi. The van der Waals surface area contributed by atoms with E-state index in [2.05, 4.69) is 156 Å². The van der Waals surface area contributed by atoms with Crippen LogP contribution in [0.25, 0.3) is 0 Å². The highest BCUT2D eigenvalue weighted by molar-refractivity contribution is 7.10. The van der Waals surface area contributed by atoms with Crippen molar-refractivity contribution < 1.29 is 4.74 Å². The fourth-order valence-corrected chi connectivity index (χ4v) is 10.8. The largest absolute Gasteiger partial charge is 0.494 e. The van der Waals surface area contributed by atoms with Gasteiger partial charge in [-0.25, -0.2) is 0 Å². The fraction of sp³-hybridized carbons (Fsp3) is 0.108. The van der Waals surface area contributed by atoms with E-state index in [9.17, 15) is 0 Å². The van der Waals surface area contributed by atoms with E-state index < -0.39 is 8.07 Å². The molecule has 0 unspecified atom stereocenters. The number of hydrogen-bond donors (Lipinski definition) is 0. The Morgan fingerprint density at radius 3 is 1.74 bits per heavy atom. The second kappa shape index (κ2) is 12.9. The molecule has 0 aliphatic carbocycles. The van der Waals surface area contributed by atoms with Crippen LogP contribution in [-0.4, -0.2) is 31.5 Å². The zero-order valence-corrected chi connectivity index (χ0v) is 25.0. The van der Waals surface area contributed by atoms with Crippen molar-refractivity contribution in [3.05, 3.63) is 169 Å². The first-order chi connectivity index (χ1) is 20.8. The van der Waals surface area contributed by atoms with Gasteiger partial charge in [-0.2, -0.15) is 0 Å². The monoisotopic (exact) mass is 562 g/mol. The first-order valence-corrected chi connectivity index (χ1v) is 16.9. The second-order valence-electron chi connectivity index (χ2n) is 10.6. The van der Waals surface area contributed by atoms with Gasteiger partial charge in [0, 0.05) is 18.6 Å². The van der Waals surface area contributed by atoms with Crippen molar-refractivity contribution in [1.29, 1.82) is 0 Å². The molecular weight excluding hydrogens is 527 g/mol.